The summed E-state index contributed by atoms with van der Waals surface area (Å²) in [7, 11) is 3.49. The first-order chi connectivity index (χ1) is 9.53. The molecule has 7 heteroatoms. The molecule has 0 saturated carbocycles. The summed E-state index contributed by atoms with van der Waals surface area (Å²) < 4.78 is 38.5. The van der Waals surface area contributed by atoms with Crippen molar-refractivity contribution in [1.29, 1.82) is 0 Å². The second kappa shape index (κ2) is 6.44. The Balaban J connectivity index is 2.82. The van der Waals surface area contributed by atoms with E-state index >= 15 is 0 Å². The number of nitrogens with zero attached hydrogens (tertiary/aromatic N) is 1. The molecule has 0 fully saturated rings. The van der Waals surface area contributed by atoms with Gasteiger partial charge in [0.2, 0.25) is 0 Å². The molecule has 0 heterocycles. The number of benzene rings is 1. The monoisotopic (exact) mass is 304 g/mol. The highest BCUT2D eigenvalue weighted by atomic mass is 19.4. The largest absolute Gasteiger partial charge is 0.417 e. The van der Waals surface area contributed by atoms with E-state index in [0.29, 0.717) is 0 Å². The van der Waals surface area contributed by atoms with Crippen molar-refractivity contribution in [3.63, 3.8) is 0 Å². The van der Waals surface area contributed by atoms with Crippen molar-refractivity contribution >= 4 is 5.91 Å². The molecule has 0 aliphatic carbocycles. The van der Waals surface area contributed by atoms with Gasteiger partial charge in [0.25, 0.3) is 5.91 Å². The first-order valence-electron chi connectivity index (χ1n) is 6.34. The van der Waals surface area contributed by atoms with Gasteiger partial charge in [-0.3, -0.25) is 4.79 Å². The molecule has 0 aliphatic heterocycles. The average molecular weight is 304 g/mol. The maximum absolute atomic E-state index is 12.8. The van der Waals surface area contributed by atoms with E-state index in [1.165, 1.54) is 19.1 Å². The third-order valence-electron chi connectivity index (χ3n) is 2.76. The van der Waals surface area contributed by atoms with Gasteiger partial charge in [-0.2, -0.15) is 13.2 Å². The highest BCUT2D eigenvalue weighted by Gasteiger charge is 2.35. The molecular weight excluding hydrogens is 285 g/mol. The quantitative estimate of drug-likeness (QED) is 0.871. The molecular formula is C14H19F3N2O2. The molecule has 0 radical (unpaired) electrons. The Hall–Kier alpha value is -1.60. The molecule has 0 saturated heterocycles. The Morgan fingerprint density at radius 2 is 1.86 bits per heavy atom. The summed E-state index contributed by atoms with van der Waals surface area (Å²) in [4.78, 5) is 13.6. The van der Waals surface area contributed by atoms with E-state index in [1.807, 2.05) is 0 Å². The van der Waals surface area contributed by atoms with Crippen LogP contribution in [0.5, 0.6) is 0 Å². The van der Waals surface area contributed by atoms with Crippen LogP contribution in [0.4, 0.5) is 13.2 Å². The predicted octanol–water partition coefficient (Wildman–Crippen LogP) is 1.75. The molecule has 4 nitrogen and oxygen atoms in total. The van der Waals surface area contributed by atoms with Gasteiger partial charge in [-0.15, -0.1) is 0 Å². The number of amides is 1. The maximum atomic E-state index is 12.8. The number of carbonyl (C=O) groups is 1. The second-order valence-corrected chi connectivity index (χ2v) is 5.46. The zero-order valence-electron chi connectivity index (χ0n) is 12.2. The molecule has 21 heavy (non-hydrogen) atoms. The molecule has 0 aromatic heterocycles. The molecule has 1 rings (SSSR count). The number of carbonyl (C=O) groups excluding carboxylic acids is 1. The van der Waals surface area contributed by atoms with Crippen molar-refractivity contribution in [1.82, 2.24) is 10.2 Å². The molecule has 0 bridgehead atoms. The Kier molecular flexibility index (Phi) is 5.36. The van der Waals surface area contributed by atoms with Crippen LogP contribution in [-0.2, 0) is 6.18 Å². The Labute approximate surface area is 121 Å². The van der Waals surface area contributed by atoms with Crippen molar-refractivity contribution in [2.75, 3.05) is 27.2 Å². The van der Waals surface area contributed by atoms with Gasteiger partial charge in [-0.1, -0.05) is 12.1 Å². The summed E-state index contributed by atoms with van der Waals surface area (Å²) in [6.07, 6.45) is -4.60. The summed E-state index contributed by atoms with van der Waals surface area (Å²) in [6.45, 7) is 1.63. The van der Waals surface area contributed by atoms with Gasteiger partial charge in [0, 0.05) is 13.1 Å². The van der Waals surface area contributed by atoms with Crippen LogP contribution in [0.15, 0.2) is 24.3 Å². The summed E-state index contributed by atoms with van der Waals surface area (Å²) >= 11 is 0. The van der Waals surface area contributed by atoms with Crippen LogP contribution >= 0.6 is 0 Å². The van der Waals surface area contributed by atoms with E-state index in [4.69, 9.17) is 0 Å². The Morgan fingerprint density at radius 1 is 1.29 bits per heavy atom. The predicted molar refractivity (Wildman–Crippen MR) is 73.0 cm³/mol. The summed E-state index contributed by atoms with van der Waals surface area (Å²) in [5.41, 5.74) is -2.67. The fraction of sp³-hybridized carbons (Fsp3) is 0.500. The zero-order valence-corrected chi connectivity index (χ0v) is 12.2. The maximum Gasteiger partial charge on any atom is 0.417 e. The summed E-state index contributed by atoms with van der Waals surface area (Å²) in [5.74, 6) is -0.859. The number of alkyl halides is 3. The standard InChI is InChI=1S/C14H19F3N2O2/c1-13(21,9-19(2)3)8-18-12(20)10-6-4-5-7-11(10)14(15,16)17/h4-7,21H,8-9H2,1-3H3,(H,18,20). The van der Waals surface area contributed by atoms with Gasteiger partial charge >= 0.3 is 6.18 Å². The molecule has 1 amide bonds. The summed E-state index contributed by atoms with van der Waals surface area (Å²) in [5, 5.41) is 12.4. The van der Waals surface area contributed by atoms with Crippen LogP contribution in [0.3, 0.4) is 0 Å². The van der Waals surface area contributed by atoms with Crippen LogP contribution in [0, 0.1) is 0 Å². The molecule has 0 aliphatic rings. The number of hydrogen-bond donors (Lipinski definition) is 2. The van der Waals surface area contributed by atoms with E-state index in [1.54, 1.807) is 19.0 Å². The first-order valence-corrected chi connectivity index (χ1v) is 6.34. The molecule has 2 N–H and O–H groups in total. The van der Waals surface area contributed by atoms with E-state index in [0.717, 1.165) is 12.1 Å². The van der Waals surface area contributed by atoms with E-state index < -0.39 is 28.8 Å². The third kappa shape index (κ3) is 5.35. The smallest absolute Gasteiger partial charge is 0.387 e. The van der Waals surface area contributed by atoms with Crippen LogP contribution in [0.2, 0.25) is 0 Å². The molecule has 118 valence electrons. The van der Waals surface area contributed by atoms with Crippen molar-refractivity contribution in [3.05, 3.63) is 35.4 Å². The number of hydrogen-bond acceptors (Lipinski definition) is 3. The molecule has 1 unspecified atom stereocenters. The average Bonchev–Trinajstić information content (AvgIpc) is 2.33. The van der Waals surface area contributed by atoms with Crippen LogP contribution in [0.1, 0.15) is 22.8 Å². The molecule has 0 spiro atoms. The van der Waals surface area contributed by atoms with Gasteiger partial charge < -0.3 is 15.3 Å². The second-order valence-electron chi connectivity index (χ2n) is 5.46. The lowest BCUT2D eigenvalue weighted by Gasteiger charge is -2.27. The number of nitrogens with one attached hydrogen (secondary N) is 1. The highest BCUT2D eigenvalue weighted by molar-refractivity contribution is 5.95. The van der Waals surface area contributed by atoms with Gasteiger partial charge in [0.05, 0.1) is 16.7 Å². The fourth-order valence-corrected chi connectivity index (χ4v) is 2.03. The SMILES string of the molecule is CN(C)CC(C)(O)CNC(=O)c1ccccc1C(F)(F)F. The number of aliphatic hydroxyl groups is 1. The van der Waals surface area contributed by atoms with E-state index in [2.05, 4.69) is 5.32 Å². The lowest BCUT2D eigenvalue weighted by atomic mass is 10.0. The van der Waals surface area contributed by atoms with E-state index in [-0.39, 0.29) is 13.1 Å². The van der Waals surface area contributed by atoms with Gasteiger partial charge in [0.1, 0.15) is 0 Å². The van der Waals surface area contributed by atoms with Gasteiger partial charge in [0.15, 0.2) is 0 Å². The van der Waals surface area contributed by atoms with Crippen molar-refractivity contribution < 1.29 is 23.1 Å². The minimum absolute atomic E-state index is 0.143. The van der Waals surface area contributed by atoms with Crippen LogP contribution in [0.25, 0.3) is 0 Å². The normalized spacial score (nSPS) is 14.9. The van der Waals surface area contributed by atoms with Gasteiger partial charge in [-0.05, 0) is 33.2 Å². The fourth-order valence-electron chi connectivity index (χ4n) is 2.03. The number of rotatable bonds is 5. The van der Waals surface area contributed by atoms with Crippen molar-refractivity contribution in [3.8, 4) is 0 Å². The lowest BCUT2D eigenvalue weighted by molar-refractivity contribution is -0.137. The van der Waals surface area contributed by atoms with Crippen LogP contribution in [-0.4, -0.2) is 48.7 Å². The highest BCUT2D eigenvalue weighted by Crippen LogP contribution is 2.31. The Bertz CT molecular complexity index is 499. The molecule has 1 aromatic rings. The first kappa shape index (κ1) is 17.5. The molecule has 1 aromatic carbocycles. The van der Waals surface area contributed by atoms with Crippen molar-refractivity contribution in [2.45, 2.75) is 18.7 Å². The minimum Gasteiger partial charge on any atom is -0.387 e. The number of likely N-dealkylation sites (N-methyl/N-ethyl adjacent to an activating group) is 1. The number of halogens is 3. The van der Waals surface area contributed by atoms with Crippen LogP contribution < -0.4 is 5.32 Å². The third-order valence-corrected chi connectivity index (χ3v) is 2.76. The topological polar surface area (TPSA) is 52.6 Å². The minimum atomic E-state index is -4.60. The van der Waals surface area contributed by atoms with Crippen molar-refractivity contribution in [2.24, 2.45) is 0 Å². The molecule has 1 atom stereocenters. The zero-order chi connectivity index (χ0) is 16.3. The lowest BCUT2D eigenvalue weighted by Crippen LogP contribution is -2.47. The van der Waals surface area contributed by atoms with E-state index in [9.17, 15) is 23.1 Å². The Morgan fingerprint density at radius 3 is 2.38 bits per heavy atom. The van der Waals surface area contributed by atoms with Gasteiger partial charge in [-0.25, -0.2) is 0 Å². The summed E-state index contributed by atoms with van der Waals surface area (Å²) in [6, 6.07) is 4.55.